The Kier molecular flexibility index (Phi) is 3.92. The van der Waals surface area contributed by atoms with Gasteiger partial charge in [-0.1, -0.05) is 17.7 Å². The third-order valence-corrected chi connectivity index (χ3v) is 2.65. The number of carbonyl (C=O) groups is 1. The van der Waals surface area contributed by atoms with Crippen LogP contribution in [0.15, 0.2) is 42.6 Å². The zero-order valence-corrected chi connectivity index (χ0v) is 10.2. The molecular formula is C13H11ClN2O2. The molecule has 18 heavy (non-hydrogen) atoms. The van der Waals surface area contributed by atoms with E-state index in [1.54, 1.807) is 42.6 Å². The molecule has 0 radical (unpaired) electrons. The monoisotopic (exact) mass is 262 g/mol. The summed E-state index contributed by atoms with van der Waals surface area (Å²) in [5.74, 6) is 0.0695. The van der Waals surface area contributed by atoms with Crippen molar-refractivity contribution < 1.29 is 9.90 Å². The van der Waals surface area contributed by atoms with Crippen LogP contribution in [0.25, 0.3) is 0 Å². The summed E-state index contributed by atoms with van der Waals surface area (Å²) in [6.07, 6.45) is 1.55. The Balaban J connectivity index is 2.18. The van der Waals surface area contributed by atoms with Gasteiger partial charge in [0.2, 0.25) is 0 Å². The van der Waals surface area contributed by atoms with Crippen LogP contribution in [0.2, 0.25) is 5.02 Å². The lowest BCUT2D eigenvalue weighted by Gasteiger charge is -2.07. The third-order valence-electron chi connectivity index (χ3n) is 2.40. The number of hydrogen-bond acceptors (Lipinski definition) is 3. The summed E-state index contributed by atoms with van der Waals surface area (Å²) in [5, 5.41) is 12.3. The maximum absolute atomic E-state index is 11.9. The summed E-state index contributed by atoms with van der Waals surface area (Å²) < 4.78 is 0. The second-order valence-electron chi connectivity index (χ2n) is 3.63. The summed E-state index contributed by atoms with van der Waals surface area (Å²) >= 11 is 5.75. The van der Waals surface area contributed by atoms with E-state index in [0.717, 1.165) is 0 Å². The van der Waals surface area contributed by atoms with Gasteiger partial charge in [-0.3, -0.25) is 4.79 Å². The van der Waals surface area contributed by atoms with Crippen molar-refractivity contribution in [3.63, 3.8) is 0 Å². The van der Waals surface area contributed by atoms with Gasteiger partial charge in [0.05, 0.1) is 6.61 Å². The standard InChI is InChI=1S/C13H11ClN2O2/c14-11-5-3-9(4-6-11)13(18)16-12-10(8-17)2-1-7-15-12/h1-7,17H,8H2,(H,15,16,18). The van der Waals surface area contributed by atoms with Crippen LogP contribution in [0.5, 0.6) is 0 Å². The number of rotatable bonds is 3. The van der Waals surface area contributed by atoms with Crippen LogP contribution >= 0.6 is 11.6 Å². The highest BCUT2D eigenvalue weighted by atomic mass is 35.5. The SMILES string of the molecule is O=C(Nc1ncccc1CO)c1ccc(Cl)cc1. The first-order chi connectivity index (χ1) is 8.70. The van der Waals surface area contributed by atoms with Crippen molar-refractivity contribution in [1.29, 1.82) is 0 Å². The first kappa shape index (κ1) is 12.5. The molecule has 0 atom stereocenters. The van der Waals surface area contributed by atoms with Crippen LogP contribution in [0.3, 0.4) is 0 Å². The Morgan fingerprint density at radius 2 is 2.00 bits per heavy atom. The van der Waals surface area contributed by atoms with Gasteiger partial charge in [-0.25, -0.2) is 4.98 Å². The predicted molar refractivity (Wildman–Crippen MR) is 69.6 cm³/mol. The number of hydrogen-bond donors (Lipinski definition) is 2. The molecule has 92 valence electrons. The van der Waals surface area contributed by atoms with E-state index in [9.17, 15) is 4.79 Å². The molecule has 1 aromatic carbocycles. The Morgan fingerprint density at radius 3 is 2.67 bits per heavy atom. The first-order valence-electron chi connectivity index (χ1n) is 5.32. The molecule has 0 saturated heterocycles. The van der Waals surface area contributed by atoms with Crippen LogP contribution < -0.4 is 5.32 Å². The smallest absolute Gasteiger partial charge is 0.256 e. The lowest BCUT2D eigenvalue weighted by Crippen LogP contribution is -2.14. The van der Waals surface area contributed by atoms with E-state index in [0.29, 0.717) is 22.0 Å². The van der Waals surface area contributed by atoms with Crippen molar-refractivity contribution >= 4 is 23.3 Å². The molecular weight excluding hydrogens is 252 g/mol. The highest BCUT2D eigenvalue weighted by Crippen LogP contribution is 2.14. The van der Waals surface area contributed by atoms with Gasteiger partial charge in [0.1, 0.15) is 5.82 Å². The van der Waals surface area contributed by atoms with Crippen molar-refractivity contribution in [1.82, 2.24) is 4.98 Å². The van der Waals surface area contributed by atoms with Crippen molar-refractivity contribution in [3.8, 4) is 0 Å². The third kappa shape index (κ3) is 2.85. The van der Waals surface area contributed by atoms with E-state index >= 15 is 0 Å². The molecule has 2 aromatic rings. The van der Waals surface area contributed by atoms with Gasteiger partial charge in [0.15, 0.2) is 0 Å². The van der Waals surface area contributed by atoms with Crippen LogP contribution in [0, 0.1) is 0 Å². The summed E-state index contributed by atoms with van der Waals surface area (Å²) in [6.45, 7) is -0.177. The first-order valence-corrected chi connectivity index (χ1v) is 5.70. The Bertz CT molecular complexity index is 555. The molecule has 2 N–H and O–H groups in total. The number of benzene rings is 1. The minimum absolute atomic E-state index is 0.177. The van der Waals surface area contributed by atoms with Gasteiger partial charge in [0.25, 0.3) is 5.91 Å². The van der Waals surface area contributed by atoms with E-state index in [-0.39, 0.29) is 12.5 Å². The predicted octanol–water partition coefficient (Wildman–Crippen LogP) is 2.48. The number of nitrogens with one attached hydrogen (secondary N) is 1. The van der Waals surface area contributed by atoms with Gasteiger partial charge in [-0.15, -0.1) is 0 Å². The number of amides is 1. The fourth-order valence-electron chi connectivity index (χ4n) is 1.46. The minimum atomic E-state index is -0.292. The summed E-state index contributed by atoms with van der Waals surface area (Å²) in [6, 6.07) is 9.93. The largest absolute Gasteiger partial charge is 0.392 e. The van der Waals surface area contributed by atoms with E-state index < -0.39 is 0 Å². The Labute approximate surface area is 109 Å². The minimum Gasteiger partial charge on any atom is -0.392 e. The molecule has 0 aliphatic heterocycles. The topological polar surface area (TPSA) is 62.2 Å². The van der Waals surface area contributed by atoms with Crippen LogP contribution in [0.1, 0.15) is 15.9 Å². The molecule has 0 bridgehead atoms. The highest BCUT2D eigenvalue weighted by Gasteiger charge is 2.09. The van der Waals surface area contributed by atoms with Crippen molar-refractivity contribution in [3.05, 3.63) is 58.7 Å². The van der Waals surface area contributed by atoms with Crippen molar-refractivity contribution in [2.75, 3.05) is 5.32 Å². The Morgan fingerprint density at radius 1 is 1.28 bits per heavy atom. The number of nitrogens with zero attached hydrogens (tertiary/aromatic N) is 1. The summed E-state index contributed by atoms with van der Waals surface area (Å²) in [4.78, 5) is 15.9. The zero-order valence-electron chi connectivity index (χ0n) is 9.43. The van der Waals surface area contributed by atoms with Crippen molar-refractivity contribution in [2.45, 2.75) is 6.61 Å². The molecule has 1 aromatic heterocycles. The van der Waals surface area contributed by atoms with E-state index in [1.165, 1.54) is 0 Å². The number of aliphatic hydroxyl groups is 1. The maximum Gasteiger partial charge on any atom is 0.256 e. The van der Waals surface area contributed by atoms with E-state index in [4.69, 9.17) is 16.7 Å². The van der Waals surface area contributed by atoms with Crippen LogP contribution in [-0.2, 0) is 6.61 Å². The second kappa shape index (κ2) is 5.62. The molecule has 1 amide bonds. The van der Waals surface area contributed by atoms with Crippen LogP contribution in [-0.4, -0.2) is 16.0 Å². The average molecular weight is 263 g/mol. The van der Waals surface area contributed by atoms with E-state index in [2.05, 4.69) is 10.3 Å². The maximum atomic E-state index is 11.9. The van der Waals surface area contributed by atoms with Gasteiger partial charge in [0, 0.05) is 22.3 Å². The van der Waals surface area contributed by atoms with Gasteiger partial charge >= 0.3 is 0 Å². The van der Waals surface area contributed by atoms with E-state index in [1.807, 2.05) is 0 Å². The quantitative estimate of drug-likeness (QED) is 0.893. The Hall–Kier alpha value is -1.91. The number of halogens is 1. The summed E-state index contributed by atoms with van der Waals surface area (Å²) in [7, 11) is 0. The average Bonchev–Trinajstić information content (AvgIpc) is 2.40. The second-order valence-corrected chi connectivity index (χ2v) is 4.07. The van der Waals surface area contributed by atoms with Gasteiger partial charge in [-0.05, 0) is 30.3 Å². The normalized spacial score (nSPS) is 10.1. The molecule has 0 saturated carbocycles. The molecule has 1 heterocycles. The van der Waals surface area contributed by atoms with Crippen LogP contribution in [0.4, 0.5) is 5.82 Å². The number of pyridine rings is 1. The molecule has 0 fully saturated rings. The number of carbonyl (C=O) groups excluding carboxylic acids is 1. The summed E-state index contributed by atoms with van der Waals surface area (Å²) in [5.41, 5.74) is 1.05. The molecule has 0 aliphatic rings. The molecule has 0 unspecified atom stereocenters. The van der Waals surface area contributed by atoms with Crippen molar-refractivity contribution in [2.24, 2.45) is 0 Å². The zero-order chi connectivity index (χ0) is 13.0. The molecule has 4 nitrogen and oxygen atoms in total. The fourth-order valence-corrected chi connectivity index (χ4v) is 1.59. The molecule has 2 rings (SSSR count). The van der Waals surface area contributed by atoms with Gasteiger partial charge < -0.3 is 10.4 Å². The number of anilines is 1. The number of aromatic nitrogens is 1. The van der Waals surface area contributed by atoms with Gasteiger partial charge in [-0.2, -0.15) is 0 Å². The fraction of sp³-hybridized carbons (Fsp3) is 0.0769. The molecule has 5 heteroatoms. The lowest BCUT2D eigenvalue weighted by atomic mass is 10.2. The lowest BCUT2D eigenvalue weighted by molar-refractivity contribution is 0.102. The molecule has 0 spiro atoms. The molecule has 0 aliphatic carbocycles. The highest BCUT2D eigenvalue weighted by molar-refractivity contribution is 6.30. The number of aliphatic hydroxyl groups excluding tert-OH is 1.